The maximum Gasteiger partial charge on any atom is 0.117 e. The minimum absolute atomic E-state index is 0.259. The Balaban J connectivity index is 1.99. The molecule has 2 aliphatic carbocycles. The molecule has 0 spiro atoms. The molecule has 108 valence electrons. The molecule has 0 aromatic heterocycles. The number of rotatable bonds is 3. The predicted molar refractivity (Wildman–Crippen MR) is 84.0 cm³/mol. The van der Waals surface area contributed by atoms with Crippen molar-refractivity contribution in [2.75, 3.05) is 20.6 Å². The summed E-state index contributed by atoms with van der Waals surface area (Å²) in [5, 5.41) is 10.4. The lowest BCUT2D eigenvalue weighted by atomic mass is 9.76. The summed E-state index contributed by atoms with van der Waals surface area (Å²) in [7, 11) is 4.27. The summed E-state index contributed by atoms with van der Waals surface area (Å²) in [5.74, 6) is 2.31. The Hall–Kier alpha value is -0.990. The van der Waals surface area contributed by atoms with Gasteiger partial charge in [0.1, 0.15) is 5.75 Å². The monoisotopic (exact) mass is 291 g/mol. The van der Waals surface area contributed by atoms with Gasteiger partial charge >= 0.3 is 0 Å². The second-order valence-corrected chi connectivity index (χ2v) is 6.96. The van der Waals surface area contributed by atoms with Crippen molar-refractivity contribution < 1.29 is 5.11 Å². The van der Waals surface area contributed by atoms with Crippen molar-refractivity contribution in [1.82, 2.24) is 4.90 Å². The number of fused-ring (bicyclic) bond motifs is 2. The highest BCUT2D eigenvalue weighted by Crippen LogP contribution is 2.48. The van der Waals surface area contributed by atoms with E-state index in [1.807, 2.05) is 12.1 Å². The Labute approximate surface area is 126 Å². The molecule has 2 bridgehead atoms. The van der Waals surface area contributed by atoms with Crippen LogP contribution in [0.15, 0.2) is 24.3 Å². The largest absolute Gasteiger partial charge is 0.508 e. The summed E-state index contributed by atoms with van der Waals surface area (Å²) in [5.41, 5.74) is 2.48. The van der Waals surface area contributed by atoms with Gasteiger partial charge in [-0.15, -0.1) is 0 Å². The summed E-state index contributed by atoms with van der Waals surface area (Å²) in [6.45, 7) is 1.07. The molecule has 1 N–H and O–H groups in total. The summed E-state index contributed by atoms with van der Waals surface area (Å²) < 4.78 is 0. The molecule has 0 saturated heterocycles. The molecule has 0 heterocycles. The molecule has 2 aliphatic rings. The number of halogens is 1. The van der Waals surface area contributed by atoms with Crippen LogP contribution < -0.4 is 0 Å². The van der Waals surface area contributed by atoms with E-state index in [1.165, 1.54) is 24.8 Å². The van der Waals surface area contributed by atoms with Crippen molar-refractivity contribution in [3.8, 4) is 5.75 Å². The highest BCUT2D eigenvalue weighted by Gasteiger charge is 2.37. The van der Waals surface area contributed by atoms with Crippen molar-refractivity contribution in [2.24, 2.45) is 17.8 Å². The zero-order chi connectivity index (χ0) is 14.3. The molecule has 2 nitrogen and oxygen atoms in total. The van der Waals surface area contributed by atoms with Crippen LogP contribution >= 0.6 is 11.6 Å². The molecule has 1 fully saturated rings. The average molecular weight is 292 g/mol. The van der Waals surface area contributed by atoms with Crippen LogP contribution in [0.3, 0.4) is 0 Å². The zero-order valence-corrected chi connectivity index (χ0v) is 12.9. The Kier molecular flexibility index (Phi) is 3.78. The lowest BCUT2D eigenvalue weighted by molar-refractivity contribution is 0.289. The Morgan fingerprint density at radius 3 is 2.75 bits per heavy atom. The van der Waals surface area contributed by atoms with Crippen LogP contribution in [0, 0.1) is 17.8 Å². The van der Waals surface area contributed by atoms with Gasteiger partial charge in [0.25, 0.3) is 0 Å². The number of hydrogen-bond donors (Lipinski definition) is 1. The maximum absolute atomic E-state index is 9.82. The number of allylic oxidation sites excluding steroid dienone is 1. The fourth-order valence-corrected chi connectivity index (χ4v) is 4.12. The van der Waals surface area contributed by atoms with Crippen molar-refractivity contribution in [3.05, 3.63) is 34.9 Å². The molecule has 3 atom stereocenters. The molecule has 0 unspecified atom stereocenters. The highest BCUT2D eigenvalue weighted by molar-refractivity contribution is 6.30. The quantitative estimate of drug-likeness (QED) is 0.908. The van der Waals surface area contributed by atoms with Crippen molar-refractivity contribution in [2.45, 2.75) is 19.3 Å². The number of aromatic hydroxyl groups is 1. The van der Waals surface area contributed by atoms with Crippen molar-refractivity contribution in [1.29, 1.82) is 0 Å². The lowest BCUT2D eigenvalue weighted by Crippen LogP contribution is -2.29. The van der Waals surface area contributed by atoms with E-state index in [9.17, 15) is 5.11 Å². The second-order valence-electron chi connectivity index (χ2n) is 6.52. The topological polar surface area (TPSA) is 23.5 Å². The van der Waals surface area contributed by atoms with E-state index in [-0.39, 0.29) is 5.75 Å². The van der Waals surface area contributed by atoms with Crippen molar-refractivity contribution in [3.63, 3.8) is 0 Å². The van der Waals surface area contributed by atoms with Gasteiger partial charge < -0.3 is 10.0 Å². The van der Waals surface area contributed by atoms with Gasteiger partial charge in [-0.3, -0.25) is 0 Å². The number of phenolic OH excluding ortho intramolecular Hbond substituents is 1. The third-order valence-electron chi connectivity index (χ3n) is 4.68. The molecule has 3 rings (SSSR count). The van der Waals surface area contributed by atoms with E-state index in [0.717, 1.165) is 23.9 Å². The first-order valence-corrected chi connectivity index (χ1v) is 7.77. The molecule has 1 saturated carbocycles. The average Bonchev–Trinajstić information content (AvgIpc) is 2.74. The molecule has 0 aliphatic heterocycles. The third-order valence-corrected chi connectivity index (χ3v) is 4.89. The van der Waals surface area contributed by atoms with E-state index < -0.39 is 0 Å². The highest BCUT2D eigenvalue weighted by atomic mass is 35.5. The Morgan fingerprint density at radius 2 is 2.05 bits per heavy atom. The molecule has 0 radical (unpaired) electrons. The van der Waals surface area contributed by atoms with Crippen molar-refractivity contribution >= 4 is 17.2 Å². The van der Waals surface area contributed by atoms with Crippen LogP contribution in [0.2, 0.25) is 5.02 Å². The molecule has 20 heavy (non-hydrogen) atoms. The van der Waals surface area contributed by atoms with Crippen LogP contribution in [-0.2, 0) is 0 Å². The van der Waals surface area contributed by atoms with E-state index in [1.54, 1.807) is 6.07 Å². The SMILES string of the molecule is CN(C)C[C@@H]1C(c2cc(O)cc(Cl)c2)=C[C@@H]2CC[C@@H]1C2. The smallest absolute Gasteiger partial charge is 0.117 e. The first-order chi connectivity index (χ1) is 9.52. The predicted octanol–water partition coefficient (Wildman–Crippen LogP) is 4.04. The lowest BCUT2D eigenvalue weighted by Gasteiger charge is -2.32. The molecule has 1 aromatic carbocycles. The first kappa shape index (κ1) is 14.0. The number of phenols is 1. The summed E-state index contributed by atoms with van der Waals surface area (Å²) in [6.07, 6.45) is 6.40. The van der Waals surface area contributed by atoms with Gasteiger partial charge in [0.15, 0.2) is 0 Å². The maximum atomic E-state index is 9.82. The molecular formula is C17H22ClNO. The zero-order valence-electron chi connectivity index (χ0n) is 12.1. The van der Waals surface area contributed by atoms with Gasteiger partial charge in [-0.25, -0.2) is 0 Å². The van der Waals surface area contributed by atoms with E-state index in [0.29, 0.717) is 10.9 Å². The minimum Gasteiger partial charge on any atom is -0.508 e. The molecule has 3 heteroatoms. The van der Waals surface area contributed by atoms with E-state index in [2.05, 4.69) is 25.1 Å². The summed E-state index contributed by atoms with van der Waals surface area (Å²) in [4.78, 5) is 2.27. The third kappa shape index (κ3) is 2.72. The van der Waals surface area contributed by atoms with Crippen LogP contribution in [0.4, 0.5) is 0 Å². The molecular weight excluding hydrogens is 270 g/mol. The van der Waals surface area contributed by atoms with Crippen LogP contribution in [-0.4, -0.2) is 30.6 Å². The fourth-order valence-electron chi connectivity index (χ4n) is 3.89. The van der Waals surface area contributed by atoms with Gasteiger partial charge in [-0.05, 0) is 80.4 Å². The minimum atomic E-state index is 0.259. The Bertz CT molecular complexity index is 518. The Morgan fingerprint density at radius 1 is 1.25 bits per heavy atom. The second kappa shape index (κ2) is 5.42. The van der Waals surface area contributed by atoms with Gasteiger partial charge in [0.05, 0.1) is 0 Å². The van der Waals surface area contributed by atoms with Crippen LogP contribution in [0.1, 0.15) is 24.8 Å². The number of hydrogen-bond acceptors (Lipinski definition) is 2. The van der Waals surface area contributed by atoms with Crippen LogP contribution in [0.25, 0.3) is 5.57 Å². The normalized spacial score (nSPS) is 28.8. The summed E-state index contributed by atoms with van der Waals surface area (Å²) in [6, 6.07) is 5.44. The number of benzene rings is 1. The fraction of sp³-hybridized carbons (Fsp3) is 0.529. The van der Waals surface area contributed by atoms with E-state index in [4.69, 9.17) is 11.6 Å². The molecule has 0 amide bonds. The van der Waals surface area contributed by atoms with Gasteiger partial charge in [0.2, 0.25) is 0 Å². The van der Waals surface area contributed by atoms with Crippen LogP contribution in [0.5, 0.6) is 5.75 Å². The first-order valence-electron chi connectivity index (χ1n) is 7.39. The van der Waals surface area contributed by atoms with E-state index >= 15 is 0 Å². The standard InChI is InChI=1S/C17H22ClNO/c1-19(2)10-17-12-4-3-11(5-12)6-16(17)13-7-14(18)9-15(20)8-13/h6-9,11-12,17,20H,3-5,10H2,1-2H3/t11-,12-,17+/m1/s1. The summed E-state index contributed by atoms with van der Waals surface area (Å²) >= 11 is 6.11. The number of nitrogens with zero attached hydrogens (tertiary/aromatic N) is 1. The van der Waals surface area contributed by atoms with Gasteiger partial charge in [-0.2, -0.15) is 0 Å². The molecule has 1 aromatic rings. The van der Waals surface area contributed by atoms with Gasteiger partial charge in [-0.1, -0.05) is 17.7 Å². The van der Waals surface area contributed by atoms with Gasteiger partial charge in [0, 0.05) is 11.6 Å².